The van der Waals surface area contributed by atoms with Crippen LogP contribution in [-0.4, -0.2) is 30.8 Å². The number of benzene rings is 1. The van der Waals surface area contributed by atoms with Gasteiger partial charge in [0.05, 0.1) is 5.02 Å². The molecule has 0 aliphatic heterocycles. The lowest BCUT2D eigenvalue weighted by atomic mass is 10.2. The minimum atomic E-state index is -0.535. The molecule has 0 unspecified atom stereocenters. The van der Waals surface area contributed by atoms with Crippen molar-refractivity contribution >= 4 is 35.1 Å². The van der Waals surface area contributed by atoms with Crippen LogP contribution in [0.2, 0.25) is 5.02 Å². The van der Waals surface area contributed by atoms with Crippen molar-refractivity contribution in [1.29, 1.82) is 0 Å². The van der Waals surface area contributed by atoms with Crippen LogP contribution >= 0.6 is 23.4 Å². The molecule has 3 rings (SSSR count). The number of thioether (sulfide) groups is 1. The number of aromatic nitrogens is 5. The van der Waals surface area contributed by atoms with Crippen LogP contribution in [-0.2, 0) is 0 Å². The first-order valence-electron chi connectivity index (χ1n) is 5.48. The second-order valence-corrected chi connectivity index (χ2v) is 5.03. The van der Waals surface area contributed by atoms with Gasteiger partial charge in [0.25, 0.3) is 5.78 Å². The Morgan fingerprint density at radius 3 is 2.80 bits per heavy atom. The number of halogens is 2. The van der Waals surface area contributed by atoms with Gasteiger partial charge in [0.1, 0.15) is 5.82 Å². The lowest BCUT2D eigenvalue weighted by Crippen LogP contribution is -2.04. The molecular weight excluding hydrogens is 303 g/mol. The fourth-order valence-corrected chi connectivity index (χ4v) is 2.11. The largest absolute Gasteiger partial charge is 0.368 e. The van der Waals surface area contributed by atoms with E-state index < -0.39 is 5.82 Å². The molecule has 0 bridgehead atoms. The van der Waals surface area contributed by atoms with Crippen LogP contribution in [0, 0.1) is 5.82 Å². The Hall–Kier alpha value is -1.93. The van der Waals surface area contributed by atoms with Gasteiger partial charge in [-0.2, -0.15) is 19.5 Å². The molecular formula is C11H8ClFN6S. The molecule has 0 radical (unpaired) electrons. The molecule has 0 aliphatic carbocycles. The van der Waals surface area contributed by atoms with E-state index in [1.54, 1.807) is 6.07 Å². The van der Waals surface area contributed by atoms with Crippen LogP contribution in [0.5, 0.6) is 0 Å². The minimum absolute atomic E-state index is 0.0430. The lowest BCUT2D eigenvalue weighted by Gasteiger charge is -1.98. The van der Waals surface area contributed by atoms with Crippen molar-refractivity contribution < 1.29 is 4.39 Å². The molecule has 0 spiro atoms. The number of fused-ring (bicyclic) bond motifs is 1. The van der Waals surface area contributed by atoms with E-state index in [1.165, 1.54) is 28.4 Å². The predicted molar refractivity (Wildman–Crippen MR) is 75.2 cm³/mol. The smallest absolute Gasteiger partial charge is 0.258 e. The van der Waals surface area contributed by atoms with Crippen molar-refractivity contribution in [3.05, 3.63) is 29.0 Å². The van der Waals surface area contributed by atoms with Crippen LogP contribution in [0.15, 0.2) is 23.4 Å². The van der Waals surface area contributed by atoms with Gasteiger partial charge in [0, 0.05) is 5.56 Å². The lowest BCUT2D eigenvalue weighted by molar-refractivity contribution is 0.628. The molecule has 102 valence electrons. The summed E-state index contributed by atoms with van der Waals surface area (Å²) in [6, 6.07) is 4.33. The summed E-state index contributed by atoms with van der Waals surface area (Å²) in [6.45, 7) is 0. The van der Waals surface area contributed by atoms with E-state index in [0.717, 1.165) is 0 Å². The fourth-order valence-electron chi connectivity index (χ4n) is 1.63. The van der Waals surface area contributed by atoms with Gasteiger partial charge in [0.2, 0.25) is 5.95 Å². The first-order valence-corrected chi connectivity index (χ1v) is 7.08. The van der Waals surface area contributed by atoms with Crippen molar-refractivity contribution in [1.82, 2.24) is 24.6 Å². The maximum Gasteiger partial charge on any atom is 0.258 e. The number of nitrogens with two attached hydrogens (primary N) is 1. The van der Waals surface area contributed by atoms with Gasteiger partial charge in [-0.15, -0.1) is 5.10 Å². The molecule has 0 saturated carbocycles. The monoisotopic (exact) mass is 310 g/mol. The summed E-state index contributed by atoms with van der Waals surface area (Å²) >= 11 is 6.99. The summed E-state index contributed by atoms with van der Waals surface area (Å²) in [5, 5.41) is 4.70. The molecule has 1 aromatic carbocycles. The van der Waals surface area contributed by atoms with E-state index in [2.05, 4.69) is 20.1 Å². The molecule has 20 heavy (non-hydrogen) atoms. The summed E-state index contributed by atoms with van der Waals surface area (Å²) in [5.74, 6) is 0.256. The van der Waals surface area contributed by atoms with Gasteiger partial charge in [0.15, 0.2) is 11.0 Å². The highest BCUT2D eigenvalue weighted by Crippen LogP contribution is 2.23. The molecule has 6 nitrogen and oxygen atoms in total. The number of nitrogen functional groups attached to an aromatic ring is 1. The molecule has 0 aliphatic rings. The average Bonchev–Trinajstić information content (AvgIpc) is 2.86. The van der Waals surface area contributed by atoms with Crippen molar-refractivity contribution in [3.63, 3.8) is 0 Å². The van der Waals surface area contributed by atoms with Crippen molar-refractivity contribution in [2.24, 2.45) is 0 Å². The van der Waals surface area contributed by atoms with E-state index >= 15 is 0 Å². The van der Waals surface area contributed by atoms with E-state index in [4.69, 9.17) is 17.3 Å². The van der Waals surface area contributed by atoms with E-state index in [9.17, 15) is 4.39 Å². The molecule has 2 heterocycles. The summed E-state index contributed by atoms with van der Waals surface area (Å²) in [6.07, 6.45) is 1.83. The first kappa shape index (κ1) is 13.1. The second kappa shape index (κ2) is 4.88. The van der Waals surface area contributed by atoms with Crippen LogP contribution in [0.4, 0.5) is 10.3 Å². The van der Waals surface area contributed by atoms with Gasteiger partial charge in [-0.05, 0) is 24.5 Å². The molecule has 0 fully saturated rings. The molecule has 0 saturated heterocycles. The molecule has 0 atom stereocenters. The van der Waals surface area contributed by atoms with Crippen LogP contribution < -0.4 is 5.73 Å². The van der Waals surface area contributed by atoms with Crippen LogP contribution in [0.1, 0.15) is 0 Å². The Kier molecular flexibility index (Phi) is 3.19. The highest BCUT2D eigenvalue weighted by Gasteiger charge is 2.13. The van der Waals surface area contributed by atoms with Crippen molar-refractivity contribution in [3.8, 4) is 11.4 Å². The second-order valence-electron chi connectivity index (χ2n) is 3.84. The molecule has 9 heteroatoms. The normalized spacial score (nSPS) is 11.2. The van der Waals surface area contributed by atoms with E-state index in [1.807, 2.05) is 6.26 Å². The third-order valence-corrected chi connectivity index (χ3v) is 3.43. The molecule has 2 aromatic heterocycles. The van der Waals surface area contributed by atoms with Gasteiger partial charge in [-0.25, -0.2) is 4.39 Å². The fraction of sp³-hybridized carbons (Fsp3) is 0.0909. The van der Waals surface area contributed by atoms with E-state index in [0.29, 0.717) is 22.3 Å². The van der Waals surface area contributed by atoms with Gasteiger partial charge < -0.3 is 5.73 Å². The van der Waals surface area contributed by atoms with Gasteiger partial charge >= 0.3 is 0 Å². The Morgan fingerprint density at radius 2 is 2.10 bits per heavy atom. The zero-order valence-electron chi connectivity index (χ0n) is 10.2. The third-order valence-electron chi connectivity index (χ3n) is 2.57. The van der Waals surface area contributed by atoms with Crippen molar-refractivity contribution in [2.45, 2.75) is 5.16 Å². The Morgan fingerprint density at radius 1 is 1.30 bits per heavy atom. The third kappa shape index (κ3) is 2.16. The minimum Gasteiger partial charge on any atom is -0.368 e. The number of hydrogen-bond acceptors (Lipinski definition) is 6. The number of anilines is 1. The Bertz CT molecular complexity index is 805. The Balaban J connectivity index is 2.17. The van der Waals surface area contributed by atoms with Gasteiger partial charge in [-0.3, -0.25) is 0 Å². The highest BCUT2D eigenvalue weighted by molar-refractivity contribution is 7.98. The molecule has 2 N–H and O–H groups in total. The summed E-state index contributed by atoms with van der Waals surface area (Å²) < 4.78 is 14.8. The average molecular weight is 311 g/mol. The topological polar surface area (TPSA) is 82.0 Å². The van der Waals surface area contributed by atoms with Crippen molar-refractivity contribution in [2.75, 3.05) is 12.0 Å². The zero-order chi connectivity index (χ0) is 14.3. The summed E-state index contributed by atoms with van der Waals surface area (Å²) in [7, 11) is 0. The summed E-state index contributed by atoms with van der Waals surface area (Å²) in [5.41, 5.74) is 6.27. The van der Waals surface area contributed by atoms with E-state index in [-0.39, 0.29) is 11.0 Å². The molecule has 0 amide bonds. The maximum atomic E-state index is 13.5. The SMILES string of the molecule is CSc1nc(N)n2nc(-c3ccc(Cl)c(F)c3)nc2n1. The number of nitrogens with zero attached hydrogens (tertiary/aromatic N) is 5. The van der Waals surface area contributed by atoms with Gasteiger partial charge in [-0.1, -0.05) is 23.4 Å². The maximum absolute atomic E-state index is 13.5. The standard InChI is InChI=1S/C11H8ClFN6S/c1-20-11-16-9(14)19-10(17-11)15-8(18-19)5-2-3-6(12)7(13)4-5/h2-4H,1H3,(H2,14,15,16,17,18). The van der Waals surface area contributed by atoms with Crippen LogP contribution in [0.25, 0.3) is 17.2 Å². The highest BCUT2D eigenvalue weighted by atomic mass is 35.5. The Labute approximate surface area is 122 Å². The number of rotatable bonds is 2. The number of hydrogen-bond donors (Lipinski definition) is 1. The summed E-state index contributed by atoms with van der Waals surface area (Å²) in [4.78, 5) is 12.5. The molecule has 3 aromatic rings. The predicted octanol–water partition coefficient (Wildman–Crippen LogP) is 2.28. The van der Waals surface area contributed by atoms with Crippen LogP contribution in [0.3, 0.4) is 0 Å². The first-order chi connectivity index (χ1) is 9.58. The quantitative estimate of drug-likeness (QED) is 0.731. The zero-order valence-corrected chi connectivity index (χ0v) is 11.8.